The van der Waals surface area contributed by atoms with Crippen LogP contribution in [0.25, 0.3) is 0 Å². The maximum absolute atomic E-state index is 13.4. The maximum atomic E-state index is 13.4. The average Bonchev–Trinajstić information content (AvgIpc) is 3.53. The molecule has 2 aromatic carbocycles. The number of hydrogen-bond donors (Lipinski definition) is 1. The second kappa shape index (κ2) is 11.8. The summed E-state index contributed by atoms with van der Waals surface area (Å²) in [6.07, 6.45) is 3.42. The topological polar surface area (TPSA) is 76.8 Å². The minimum Gasteiger partial charge on any atom is -0.494 e. The molecule has 2 heterocycles. The van der Waals surface area contributed by atoms with Gasteiger partial charge in [-0.2, -0.15) is 0 Å². The number of oxazole rings is 1. The van der Waals surface area contributed by atoms with Gasteiger partial charge in [0.2, 0.25) is 5.89 Å². The second-order valence-corrected chi connectivity index (χ2v) is 8.32. The second-order valence-electron chi connectivity index (χ2n) is 8.32. The van der Waals surface area contributed by atoms with E-state index < -0.39 is 0 Å². The van der Waals surface area contributed by atoms with Crippen LogP contribution in [0.15, 0.2) is 59.2 Å². The molecular formula is C26H30FN3O4. The van der Waals surface area contributed by atoms with Crippen LogP contribution in [-0.4, -0.2) is 41.7 Å². The summed E-state index contributed by atoms with van der Waals surface area (Å²) in [5.74, 6) is 0.716. The molecule has 1 atom stereocenters. The predicted octanol–water partition coefficient (Wildman–Crippen LogP) is 4.32. The number of nitrogens with one attached hydrogen (secondary N) is 1. The molecule has 1 aromatic heterocycles. The normalized spacial score (nSPS) is 15.6. The lowest BCUT2D eigenvalue weighted by molar-refractivity contribution is 0.0853. The van der Waals surface area contributed by atoms with Gasteiger partial charge in [0.05, 0.1) is 19.3 Å². The van der Waals surface area contributed by atoms with Gasteiger partial charge in [-0.15, -0.1) is 0 Å². The van der Waals surface area contributed by atoms with Crippen molar-refractivity contribution in [1.29, 1.82) is 0 Å². The Morgan fingerprint density at radius 1 is 1.12 bits per heavy atom. The first kappa shape index (κ1) is 23.9. The highest BCUT2D eigenvalue weighted by Crippen LogP contribution is 2.18. The highest BCUT2D eigenvalue weighted by atomic mass is 19.1. The minimum atomic E-state index is -0.276. The summed E-state index contributed by atoms with van der Waals surface area (Å²) < 4.78 is 30.0. The van der Waals surface area contributed by atoms with Gasteiger partial charge >= 0.3 is 0 Å². The first-order valence-electron chi connectivity index (χ1n) is 11.6. The fraction of sp³-hybridized carbons (Fsp3) is 0.385. The summed E-state index contributed by atoms with van der Waals surface area (Å²) in [6, 6.07) is 14.3. The standard InChI is InChI=1S/C26H30FN3O4/c1-2-32-22-11-7-20(8-12-22)16-30(15-19-5-9-21(27)10-6-19)17-25-29-24(18-34-25)26(31)28-14-23-4-3-13-33-23/h5-12,18,23H,2-4,13-17H2,1H3,(H,28,31)/t23-/m0/s1. The first-order valence-corrected chi connectivity index (χ1v) is 11.6. The van der Waals surface area contributed by atoms with Crippen molar-refractivity contribution < 1.29 is 23.1 Å². The summed E-state index contributed by atoms with van der Waals surface area (Å²) in [7, 11) is 0. The highest BCUT2D eigenvalue weighted by molar-refractivity contribution is 5.91. The van der Waals surface area contributed by atoms with Crippen molar-refractivity contribution in [1.82, 2.24) is 15.2 Å². The van der Waals surface area contributed by atoms with E-state index in [2.05, 4.69) is 15.2 Å². The van der Waals surface area contributed by atoms with Crippen LogP contribution in [0.2, 0.25) is 0 Å². The van der Waals surface area contributed by atoms with Crippen LogP contribution in [0.3, 0.4) is 0 Å². The van der Waals surface area contributed by atoms with Gasteiger partial charge in [-0.3, -0.25) is 9.69 Å². The number of hydrogen-bond acceptors (Lipinski definition) is 6. The molecule has 1 aliphatic rings. The Kier molecular flexibility index (Phi) is 8.27. The summed E-state index contributed by atoms with van der Waals surface area (Å²) in [6.45, 7) is 5.35. The van der Waals surface area contributed by atoms with Crippen molar-refractivity contribution in [2.24, 2.45) is 0 Å². The van der Waals surface area contributed by atoms with E-state index in [4.69, 9.17) is 13.9 Å². The molecule has 180 valence electrons. The van der Waals surface area contributed by atoms with E-state index in [1.807, 2.05) is 31.2 Å². The van der Waals surface area contributed by atoms with E-state index in [0.717, 1.165) is 36.3 Å². The predicted molar refractivity (Wildman–Crippen MR) is 125 cm³/mol. The monoisotopic (exact) mass is 467 g/mol. The summed E-state index contributed by atoms with van der Waals surface area (Å²) in [5.41, 5.74) is 2.30. The number of amides is 1. The van der Waals surface area contributed by atoms with Gasteiger partial charge in [0, 0.05) is 26.2 Å². The summed E-state index contributed by atoms with van der Waals surface area (Å²) in [5, 5.41) is 2.86. The third-order valence-electron chi connectivity index (χ3n) is 5.62. The molecule has 0 aliphatic carbocycles. The molecule has 34 heavy (non-hydrogen) atoms. The Balaban J connectivity index is 1.41. The highest BCUT2D eigenvalue weighted by Gasteiger charge is 2.19. The van der Waals surface area contributed by atoms with Crippen molar-refractivity contribution >= 4 is 5.91 Å². The van der Waals surface area contributed by atoms with Gasteiger partial charge in [-0.1, -0.05) is 24.3 Å². The average molecular weight is 468 g/mol. The maximum Gasteiger partial charge on any atom is 0.273 e. The van der Waals surface area contributed by atoms with Crippen LogP contribution in [-0.2, 0) is 24.4 Å². The van der Waals surface area contributed by atoms with Gasteiger partial charge in [-0.05, 0) is 55.2 Å². The van der Waals surface area contributed by atoms with E-state index in [-0.39, 0.29) is 23.5 Å². The van der Waals surface area contributed by atoms with Crippen LogP contribution < -0.4 is 10.1 Å². The molecular weight excluding hydrogens is 437 g/mol. The number of carbonyl (C=O) groups is 1. The van der Waals surface area contributed by atoms with Crippen LogP contribution in [0.5, 0.6) is 5.75 Å². The number of aromatic nitrogens is 1. The van der Waals surface area contributed by atoms with E-state index >= 15 is 0 Å². The Bertz CT molecular complexity index is 1050. The molecule has 7 nitrogen and oxygen atoms in total. The zero-order valence-corrected chi connectivity index (χ0v) is 19.3. The van der Waals surface area contributed by atoms with Crippen LogP contribution >= 0.6 is 0 Å². The number of halogens is 1. The fourth-order valence-electron chi connectivity index (χ4n) is 3.91. The lowest BCUT2D eigenvalue weighted by Crippen LogP contribution is -2.32. The molecule has 8 heteroatoms. The molecule has 0 spiro atoms. The van der Waals surface area contributed by atoms with Gasteiger partial charge < -0.3 is 19.2 Å². The molecule has 1 aliphatic heterocycles. The Labute approximate surface area is 198 Å². The fourth-order valence-corrected chi connectivity index (χ4v) is 3.91. The van der Waals surface area contributed by atoms with Gasteiger partial charge in [0.1, 0.15) is 17.8 Å². The molecule has 1 saturated heterocycles. The molecule has 0 bridgehead atoms. The van der Waals surface area contributed by atoms with Gasteiger partial charge in [0.25, 0.3) is 5.91 Å². The van der Waals surface area contributed by atoms with Crippen molar-refractivity contribution in [3.8, 4) is 5.75 Å². The molecule has 3 aromatic rings. The molecule has 1 amide bonds. The van der Waals surface area contributed by atoms with E-state index in [9.17, 15) is 9.18 Å². The largest absolute Gasteiger partial charge is 0.494 e. The lowest BCUT2D eigenvalue weighted by Gasteiger charge is -2.21. The van der Waals surface area contributed by atoms with Crippen LogP contribution in [0.4, 0.5) is 4.39 Å². The van der Waals surface area contributed by atoms with Crippen molar-refractivity contribution in [2.75, 3.05) is 19.8 Å². The third kappa shape index (κ3) is 6.88. The number of nitrogens with zero attached hydrogens (tertiary/aromatic N) is 2. The molecule has 1 fully saturated rings. The number of ether oxygens (including phenoxy) is 2. The Hall–Kier alpha value is -3.23. The molecule has 0 unspecified atom stereocenters. The molecule has 0 radical (unpaired) electrons. The van der Waals surface area contributed by atoms with E-state index in [1.165, 1.54) is 18.4 Å². The Morgan fingerprint density at radius 3 is 2.47 bits per heavy atom. The quantitative estimate of drug-likeness (QED) is 0.453. The van der Waals surface area contributed by atoms with Gasteiger partial charge in [0.15, 0.2) is 5.69 Å². The van der Waals surface area contributed by atoms with Crippen molar-refractivity contribution in [3.05, 3.63) is 83.3 Å². The molecule has 0 saturated carbocycles. The molecule has 4 rings (SSSR count). The SMILES string of the molecule is CCOc1ccc(CN(Cc2ccc(F)cc2)Cc2nc(C(=O)NC[C@@H]3CCCO3)co2)cc1. The zero-order chi connectivity index (χ0) is 23.8. The number of benzene rings is 2. The summed E-state index contributed by atoms with van der Waals surface area (Å²) >= 11 is 0. The summed E-state index contributed by atoms with van der Waals surface area (Å²) in [4.78, 5) is 19.0. The van der Waals surface area contributed by atoms with Crippen LogP contribution in [0, 0.1) is 5.82 Å². The van der Waals surface area contributed by atoms with E-state index in [0.29, 0.717) is 38.7 Å². The zero-order valence-electron chi connectivity index (χ0n) is 19.3. The number of carbonyl (C=O) groups excluding carboxylic acids is 1. The van der Waals surface area contributed by atoms with Crippen molar-refractivity contribution in [3.63, 3.8) is 0 Å². The minimum absolute atomic E-state index is 0.0654. The first-order chi connectivity index (χ1) is 16.6. The Morgan fingerprint density at radius 2 is 1.82 bits per heavy atom. The molecule has 1 N–H and O–H groups in total. The smallest absolute Gasteiger partial charge is 0.273 e. The third-order valence-corrected chi connectivity index (χ3v) is 5.62. The lowest BCUT2D eigenvalue weighted by atomic mass is 10.1. The van der Waals surface area contributed by atoms with Crippen molar-refractivity contribution in [2.45, 2.75) is 45.5 Å². The van der Waals surface area contributed by atoms with Crippen LogP contribution in [0.1, 0.15) is 47.3 Å². The number of rotatable bonds is 11. The van der Waals surface area contributed by atoms with Gasteiger partial charge in [-0.25, -0.2) is 9.37 Å². The van der Waals surface area contributed by atoms with E-state index in [1.54, 1.807) is 12.1 Å².